The lowest BCUT2D eigenvalue weighted by Crippen LogP contribution is -2.28. The highest BCUT2D eigenvalue weighted by Gasteiger charge is 2.35. The molecule has 0 aliphatic rings. The van der Waals surface area contributed by atoms with Gasteiger partial charge in [-0.15, -0.1) is 0 Å². The zero-order chi connectivity index (χ0) is 26.3. The molecule has 0 bridgehead atoms. The van der Waals surface area contributed by atoms with Gasteiger partial charge in [-0.2, -0.15) is 0 Å². The molecule has 1 amide bonds. The van der Waals surface area contributed by atoms with Crippen molar-refractivity contribution in [2.75, 3.05) is 13.2 Å². The minimum atomic E-state index is -1.78. The molecule has 1 unspecified atom stereocenters. The van der Waals surface area contributed by atoms with E-state index in [1.54, 1.807) is 29.8 Å². The summed E-state index contributed by atoms with van der Waals surface area (Å²) in [5, 5.41) is 14.1. The Morgan fingerprint density at radius 1 is 1.08 bits per heavy atom. The van der Waals surface area contributed by atoms with Crippen molar-refractivity contribution in [3.05, 3.63) is 89.3 Å². The van der Waals surface area contributed by atoms with E-state index in [2.05, 4.69) is 20.3 Å². The van der Waals surface area contributed by atoms with Gasteiger partial charge in [0.2, 0.25) is 0 Å². The number of carbonyl (C=O) groups excluding carboxylic acids is 1. The van der Waals surface area contributed by atoms with Crippen molar-refractivity contribution in [2.24, 2.45) is 7.05 Å². The highest BCUT2D eigenvalue weighted by molar-refractivity contribution is 5.97. The van der Waals surface area contributed by atoms with Gasteiger partial charge < -0.3 is 24.7 Å². The summed E-state index contributed by atoms with van der Waals surface area (Å²) < 4.78 is 47.8. The number of hydrogen-bond donors (Lipinski definition) is 3. The van der Waals surface area contributed by atoms with Crippen LogP contribution in [0.4, 0.5) is 13.2 Å². The summed E-state index contributed by atoms with van der Waals surface area (Å²) >= 11 is 0. The molecule has 0 spiro atoms. The van der Waals surface area contributed by atoms with E-state index in [0.717, 1.165) is 12.1 Å². The molecule has 2 heterocycles. The molecule has 3 aromatic carbocycles. The van der Waals surface area contributed by atoms with Crippen LogP contribution in [-0.2, 0) is 12.6 Å². The third-order valence-electron chi connectivity index (χ3n) is 6.01. The molecule has 5 rings (SSSR count). The molecule has 0 aliphatic carbocycles. The number of halogens is 3. The van der Waals surface area contributed by atoms with E-state index in [1.807, 2.05) is 0 Å². The van der Waals surface area contributed by atoms with Gasteiger partial charge in [-0.05, 0) is 55.5 Å². The van der Waals surface area contributed by atoms with E-state index in [0.29, 0.717) is 22.3 Å². The second-order valence-electron chi connectivity index (χ2n) is 8.70. The fourth-order valence-corrected chi connectivity index (χ4v) is 4.11. The topological polar surface area (TPSA) is 105 Å². The van der Waals surface area contributed by atoms with Crippen LogP contribution in [0.3, 0.4) is 0 Å². The first-order valence-electron chi connectivity index (χ1n) is 11.3. The number of imidazole rings is 2. The highest BCUT2D eigenvalue weighted by atomic mass is 19.1. The predicted octanol–water partition coefficient (Wildman–Crippen LogP) is 3.93. The van der Waals surface area contributed by atoms with Gasteiger partial charge in [0.25, 0.3) is 5.91 Å². The van der Waals surface area contributed by atoms with Crippen LogP contribution in [0.15, 0.2) is 54.6 Å². The monoisotopic (exact) mass is 509 g/mol. The summed E-state index contributed by atoms with van der Waals surface area (Å²) in [6, 6.07) is 12.3. The Hall–Kier alpha value is -4.38. The third kappa shape index (κ3) is 4.60. The van der Waals surface area contributed by atoms with Crippen molar-refractivity contribution in [3.8, 4) is 5.75 Å². The predicted molar refractivity (Wildman–Crippen MR) is 130 cm³/mol. The molecule has 11 heteroatoms. The molecule has 0 fully saturated rings. The summed E-state index contributed by atoms with van der Waals surface area (Å²) in [5.41, 5.74) is -0.326. The maximum Gasteiger partial charge on any atom is 0.251 e. The standard InChI is InChI=1S/C26H22F3N5O3/c1-26(36,24-31-20-13-16(28)12-18(29)22(20)33-24)25-32-19-8-3-14(11-21(19)34(25)2)23(35)30-9-10-37-17-6-4-15(27)5-7-17/h3-8,11-13,36H,9-10H2,1-2H3,(H,30,35)(H,31,33). The van der Waals surface area contributed by atoms with Crippen LogP contribution >= 0.6 is 0 Å². The lowest BCUT2D eigenvalue weighted by molar-refractivity contribution is 0.0812. The second kappa shape index (κ2) is 9.25. The summed E-state index contributed by atoms with van der Waals surface area (Å²) in [6.07, 6.45) is 0. The molecule has 0 radical (unpaired) electrons. The first-order valence-corrected chi connectivity index (χ1v) is 11.3. The molecule has 3 N–H and O–H groups in total. The highest BCUT2D eigenvalue weighted by Crippen LogP contribution is 2.31. The van der Waals surface area contributed by atoms with E-state index < -0.39 is 17.2 Å². The molecule has 1 atom stereocenters. The number of nitrogens with zero attached hydrogens (tertiary/aromatic N) is 3. The SMILES string of the molecule is Cn1c(C(C)(O)c2nc3c(F)cc(F)cc3[nH]2)nc2ccc(C(=O)NCCOc3ccc(F)cc3)cc21. The number of H-pyrrole nitrogens is 1. The second-order valence-corrected chi connectivity index (χ2v) is 8.70. The van der Waals surface area contributed by atoms with E-state index >= 15 is 0 Å². The number of rotatable bonds is 7. The summed E-state index contributed by atoms with van der Waals surface area (Å²) in [5.74, 6) is -1.65. The normalized spacial score (nSPS) is 13.1. The number of aryl methyl sites for hydroxylation is 1. The number of aromatic nitrogens is 4. The van der Waals surface area contributed by atoms with Gasteiger partial charge in [-0.25, -0.2) is 23.1 Å². The molecular formula is C26H22F3N5O3. The molecular weight excluding hydrogens is 487 g/mol. The van der Waals surface area contributed by atoms with Gasteiger partial charge in [0.1, 0.15) is 41.2 Å². The zero-order valence-corrected chi connectivity index (χ0v) is 19.8. The Labute approximate surface area is 208 Å². The van der Waals surface area contributed by atoms with E-state index in [1.165, 1.54) is 31.2 Å². The number of benzene rings is 3. The largest absolute Gasteiger partial charge is 0.492 e. The molecule has 8 nitrogen and oxygen atoms in total. The molecule has 0 aliphatic heterocycles. The van der Waals surface area contributed by atoms with E-state index in [9.17, 15) is 23.1 Å². The van der Waals surface area contributed by atoms with E-state index in [4.69, 9.17) is 4.74 Å². The molecule has 2 aromatic heterocycles. The van der Waals surface area contributed by atoms with Gasteiger partial charge >= 0.3 is 0 Å². The Morgan fingerprint density at radius 2 is 1.84 bits per heavy atom. The summed E-state index contributed by atoms with van der Waals surface area (Å²) in [6.45, 7) is 1.86. The van der Waals surface area contributed by atoms with Crippen LogP contribution in [0.1, 0.15) is 28.9 Å². The Kier molecular flexibility index (Phi) is 6.08. The van der Waals surface area contributed by atoms with Crippen LogP contribution < -0.4 is 10.1 Å². The number of carbonyl (C=O) groups is 1. The average molecular weight is 509 g/mol. The minimum Gasteiger partial charge on any atom is -0.492 e. The number of ether oxygens (including phenoxy) is 1. The Bertz CT molecular complexity index is 1630. The lowest BCUT2D eigenvalue weighted by atomic mass is 10.1. The van der Waals surface area contributed by atoms with Gasteiger partial charge in [0.15, 0.2) is 11.4 Å². The van der Waals surface area contributed by atoms with Gasteiger partial charge in [-0.1, -0.05) is 0 Å². The van der Waals surface area contributed by atoms with Crippen molar-refractivity contribution in [2.45, 2.75) is 12.5 Å². The van der Waals surface area contributed by atoms with Gasteiger partial charge in [0.05, 0.1) is 23.1 Å². The van der Waals surface area contributed by atoms with Crippen molar-refractivity contribution < 1.29 is 27.8 Å². The molecule has 190 valence electrons. The van der Waals surface area contributed by atoms with Crippen molar-refractivity contribution in [3.63, 3.8) is 0 Å². The number of aliphatic hydroxyl groups is 1. The Morgan fingerprint density at radius 3 is 2.59 bits per heavy atom. The number of nitrogens with one attached hydrogen (secondary N) is 2. The smallest absolute Gasteiger partial charge is 0.251 e. The fraction of sp³-hybridized carbons (Fsp3) is 0.192. The number of aromatic amines is 1. The molecule has 37 heavy (non-hydrogen) atoms. The van der Waals surface area contributed by atoms with Crippen LogP contribution in [0.5, 0.6) is 5.75 Å². The molecule has 0 saturated heterocycles. The van der Waals surface area contributed by atoms with Crippen LogP contribution in [0.25, 0.3) is 22.1 Å². The first-order chi connectivity index (χ1) is 17.6. The maximum atomic E-state index is 14.1. The summed E-state index contributed by atoms with van der Waals surface area (Å²) in [4.78, 5) is 24.1. The van der Waals surface area contributed by atoms with Crippen molar-refractivity contribution in [1.29, 1.82) is 0 Å². The third-order valence-corrected chi connectivity index (χ3v) is 6.01. The minimum absolute atomic E-state index is 0.00970. The van der Waals surface area contributed by atoms with Crippen LogP contribution in [0, 0.1) is 17.5 Å². The number of fused-ring (bicyclic) bond motifs is 2. The Balaban J connectivity index is 1.34. The van der Waals surface area contributed by atoms with Crippen LogP contribution in [-0.4, -0.2) is 43.7 Å². The van der Waals surface area contributed by atoms with Crippen molar-refractivity contribution in [1.82, 2.24) is 24.8 Å². The summed E-state index contributed by atoms with van der Waals surface area (Å²) in [7, 11) is 1.67. The van der Waals surface area contributed by atoms with Crippen molar-refractivity contribution >= 4 is 28.0 Å². The molecule has 5 aromatic rings. The van der Waals surface area contributed by atoms with E-state index in [-0.39, 0.29) is 47.6 Å². The maximum absolute atomic E-state index is 14.1. The molecule has 0 saturated carbocycles. The van der Waals surface area contributed by atoms with Gasteiger partial charge in [-0.3, -0.25) is 4.79 Å². The first kappa shape index (κ1) is 24.3. The quantitative estimate of drug-likeness (QED) is 0.289. The lowest BCUT2D eigenvalue weighted by Gasteiger charge is -2.20. The average Bonchev–Trinajstić information content (AvgIpc) is 3.45. The van der Waals surface area contributed by atoms with Crippen LogP contribution in [0.2, 0.25) is 0 Å². The zero-order valence-electron chi connectivity index (χ0n) is 19.8. The number of amides is 1. The fourth-order valence-electron chi connectivity index (χ4n) is 4.11. The van der Waals surface area contributed by atoms with Gasteiger partial charge in [0, 0.05) is 18.7 Å². The number of hydrogen-bond acceptors (Lipinski definition) is 5.